The minimum absolute atomic E-state index is 0.0530. The van der Waals surface area contributed by atoms with Crippen LogP contribution in [0, 0.1) is 17.5 Å². The van der Waals surface area contributed by atoms with Gasteiger partial charge < -0.3 is 0 Å². The van der Waals surface area contributed by atoms with Crippen molar-refractivity contribution in [1.82, 2.24) is 0 Å². The average molecular weight is 439 g/mol. The average Bonchev–Trinajstić information content (AvgIpc) is 2.80. The fourth-order valence-electron chi connectivity index (χ4n) is 5.24. The van der Waals surface area contributed by atoms with E-state index in [1.807, 2.05) is 24.3 Å². The molecule has 3 heteroatoms. The van der Waals surface area contributed by atoms with Gasteiger partial charge in [-0.05, 0) is 96.0 Å². The summed E-state index contributed by atoms with van der Waals surface area (Å²) in [5.74, 6) is -1.03. The molecule has 0 unspecified atom stereocenters. The number of hydrogen-bond acceptors (Lipinski definition) is 0. The summed E-state index contributed by atoms with van der Waals surface area (Å²) in [6, 6.07) is 14.3. The minimum Gasteiger partial charge on any atom is -0.207 e. The summed E-state index contributed by atoms with van der Waals surface area (Å²) >= 11 is 0. The molecule has 0 amide bonds. The number of benzene rings is 3. The molecule has 0 N–H and O–H groups in total. The van der Waals surface area contributed by atoms with E-state index < -0.39 is 11.6 Å². The number of unbranched alkanes of at least 4 members (excludes halogenated alkanes) is 4. The van der Waals surface area contributed by atoms with Gasteiger partial charge in [-0.15, -0.1) is 0 Å². The summed E-state index contributed by atoms with van der Waals surface area (Å²) in [4.78, 5) is 0. The van der Waals surface area contributed by atoms with Crippen LogP contribution in [0.5, 0.6) is 0 Å². The predicted molar refractivity (Wildman–Crippen MR) is 127 cm³/mol. The summed E-state index contributed by atoms with van der Waals surface area (Å²) < 4.78 is 42.0. The van der Waals surface area contributed by atoms with Gasteiger partial charge in [0, 0.05) is 0 Å². The van der Waals surface area contributed by atoms with E-state index in [9.17, 15) is 13.2 Å². The fraction of sp³-hybridized carbons (Fsp3) is 0.448. The molecule has 0 aromatic heterocycles. The zero-order valence-corrected chi connectivity index (χ0v) is 19.0. The van der Waals surface area contributed by atoms with E-state index in [2.05, 4.69) is 13.0 Å². The molecule has 0 radical (unpaired) electrons. The highest BCUT2D eigenvalue weighted by atomic mass is 19.2. The van der Waals surface area contributed by atoms with Crippen molar-refractivity contribution in [2.24, 2.45) is 0 Å². The Bertz CT molecular complexity index is 1050. The smallest absolute Gasteiger partial charge is 0.159 e. The minimum atomic E-state index is -0.810. The highest BCUT2D eigenvalue weighted by Gasteiger charge is 2.25. The second kappa shape index (κ2) is 10.6. The maximum atomic E-state index is 14.9. The molecule has 0 aliphatic heterocycles. The van der Waals surface area contributed by atoms with Crippen molar-refractivity contribution in [3.05, 3.63) is 82.7 Å². The van der Waals surface area contributed by atoms with Crippen LogP contribution in [0.4, 0.5) is 13.2 Å². The third kappa shape index (κ3) is 5.36. The predicted octanol–water partition coefficient (Wildman–Crippen LogP) is 9.21. The van der Waals surface area contributed by atoms with Crippen molar-refractivity contribution >= 4 is 10.8 Å². The zero-order valence-electron chi connectivity index (χ0n) is 19.0. The molecule has 32 heavy (non-hydrogen) atoms. The van der Waals surface area contributed by atoms with E-state index in [4.69, 9.17) is 0 Å². The standard InChI is InChI=1S/C29H33F3/c1-2-3-4-5-6-7-20-8-15-26(27(30)16-20)22-11-9-21(10-12-22)23-13-14-24-18-28(31)29(32)19-25(24)17-23/h8,13-19,21-22H,2-7,9-12H2,1H3. The van der Waals surface area contributed by atoms with Crippen LogP contribution in [0.3, 0.4) is 0 Å². The SMILES string of the molecule is CCCCCCCc1ccc(C2CCC(c3ccc4cc(F)c(F)cc4c3)CC2)c(F)c1. The van der Waals surface area contributed by atoms with Crippen LogP contribution in [0.1, 0.15) is 93.2 Å². The summed E-state index contributed by atoms with van der Waals surface area (Å²) in [7, 11) is 0. The number of rotatable bonds is 8. The van der Waals surface area contributed by atoms with Crippen molar-refractivity contribution in [3.63, 3.8) is 0 Å². The molecule has 1 aliphatic carbocycles. The molecule has 1 fully saturated rings. The summed E-state index contributed by atoms with van der Waals surface area (Å²) in [5, 5.41) is 1.45. The Balaban J connectivity index is 1.36. The maximum absolute atomic E-state index is 14.9. The normalized spacial score (nSPS) is 18.9. The monoisotopic (exact) mass is 438 g/mol. The number of halogens is 3. The topological polar surface area (TPSA) is 0 Å². The molecule has 0 bridgehead atoms. The molecular formula is C29H33F3. The van der Waals surface area contributed by atoms with Gasteiger partial charge in [0.15, 0.2) is 11.6 Å². The van der Waals surface area contributed by atoms with E-state index in [0.717, 1.165) is 55.0 Å². The molecular weight excluding hydrogens is 405 g/mol. The highest BCUT2D eigenvalue weighted by molar-refractivity contribution is 5.83. The van der Waals surface area contributed by atoms with Crippen LogP contribution in [0.15, 0.2) is 48.5 Å². The quantitative estimate of drug-likeness (QED) is 0.307. The van der Waals surface area contributed by atoms with Gasteiger partial charge in [0.25, 0.3) is 0 Å². The van der Waals surface area contributed by atoms with Crippen LogP contribution in [-0.2, 0) is 6.42 Å². The van der Waals surface area contributed by atoms with Crippen molar-refractivity contribution in [3.8, 4) is 0 Å². The van der Waals surface area contributed by atoms with E-state index in [-0.39, 0.29) is 11.7 Å². The highest BCUT2D eigenvalue weighted by Crippen LogP contribution is 2.42. The van der Waals surface area contributed by atoms with Crippen molar-refractivity contribution in [2.75, 3.05) is 0 Å². The summed E-state index contributed by atoms with van der Waals surface area (Å²) in [5.41, 5.74) is 3.13. The Morgan fingerprint density at radius 3 is 2.06 bits per heavy atom. The number of hydrogen-bond donors (Lipinski definition) is 0. The third-order valence-electron chi connectivity index (χ3n) is 7.18. The van der Waals surface area contributed by atoms with E-state index in [1.165, 1.54) is 43.4 Å². The first-order valence-corrected chi connectivity index (χ1v) is 12.2. The van der Waals surface area contributed by atoms with Crippen molar-refractivity contribution < 1.29 is 13.2 Å². The molecule has 4 rings (SSSR count). The zero-order chi connectivity index (χ0) is 22.5. The summed E-state index contributed by atoms with van der Waals surface area (Å²) in [6.07, 6.45) is 11.0. The molecule has 170 valence electrons. The molecule has 0 spiro atoms. The third-order valence-corrected chi connectivity index (χ3v) is 7.18. The molecule has 3 aromatic carbocycles. The van der Waals surface area contributed by atoms with E-state index in [0.29, 0.717) is 11.3 Å². The second-order valence-electron chi connectivity index (χ2n) is 9.44. The lowest BCUT2D eigenvalue weighted by molar-refractivity contribution is 0.387. The van der Waals surface area contributed by atoms with Gasteiger partial charge in [-0.3, -0.25) is 0 Å². The van der Waals surface area contributed by atoms with E-state index in [1.54, 1.807) is 6.07 Å². The lowest BCUT2D eigenvalue weighted by atomic mass is 9.75. The van der Waals surface area contributed by atoms with Gasteiger partial charge in [-0.2, -0.15) is 0 Å². The van der Waals surface area contributed by atoms with Gasteiger partial charge >= 0.3 is 0 Å². The summed E-state index contributed by atoms with van der Waals surface area (Å²) in [6.45, 7) is 2.22. The lowest BCUT2D eigenvalue weighted by Crippen LogP contribution is -2.13. The van der Waals surface area contributed by atoms with Crippen LogP contribution in [-0.4, -0.2) is 0 Å². The first-order chi connectivity index (χ1) is 15.5. The van der Waals surface area contributed by atoms with Crippen LogP contribution in [0.2, 0.25) is 0 Å². The van der Waals surface area contributed by atoms with Crippen LogP contribution < -0.4 is 0 Å². The van der Waals surface area contributed by atoms with Crippen molar-refractivity contribution in [1.29, 1.82) is 0 Å². The lowest BCUT2D eigenvalue weighted by Gasteiger charge is -2.29. The van der Waals surface area contributed by atoms with E-state index >= 15 is 0 Å². The first-order valence-electron chi connectivity index (χ1n) is 12.2. The Morgan fingerprint density at radius 2 is 1.34 bits per heavy atom. The Kier molecular flexibility index (Phi) is 7.55. The first kappa shape index (κ1) is 22.9. The van der Waals surface area contributed by atoms with Crippen LogP contribution in [0.25, 0.3) is 10.8 Å². The van der Waals surface area contributed by atoms with Gasteiger partial charge in [0.05, 0.1) is 0 Å². The number of fused-ring (bicyclic) bond motifs is 1. The molecule has 0 saturated heterocycles. The Labute approximate surface area is 189 Å². The fourth-order valence-corrected chi connectivity index (χ4v) is 5.24. The molecule has 1 saturated carbocycles. The molecule has 1 aliphatic rings. The largest absolute Gasteiger partial charge is 0.207 e. The Hall–Kier alpha value is -2.29. The van der Waals surface area contributed by atoms with Crippen LogP contribution >= 0.6 is 0 Å². The molecule has 0 atom stereocenters. The maximum Gasteiger partial charge on any atom is 0.159 e. The number of aryl methyl sites for hydroxylation is 1. The van der Waals surface area contributed by atoms with Gasteiger partial charge in [0.1, 0.15) is 5.82 Å². The molecule has 3 aromatic rings. The van der Waals surface area contributed by atoms with Gasteiger partial charge in [0.2, 0.25) is 0 Å². The molecule has 0 nitrogen and oxygen atoms in total. The Morgan fingerprint density at radius 1 is 0.656 bits per heavy atom. The van der Waals surface area contributed by atoms with Crippen molar-refractivity contribution in [2.45, 2.75) is 83.0 Å². The second-order valence-corrected chi connectivity index (χ2v) is 9.44. The van der Waals surface area contributed by atoms with Gasteiger partial charge in [-0.1, -0.05) is 62.9 Å². The van der Waals surface area contributed by atoms with Gasteiger partial charge in [-0.25, -0.2) is 13.2 Å². The molecule has 0 heterocycles.